The lowest BCUT2D eigenvalue weighted by atomic mass is 9.89. The smallest absolute Gasteiger partial charge is 0.123 e. The van der Waals surface area contributed by atoms with Crippen LogP contribution in [0.15, 0.2) is 42.5 Å². The molecule has 0 heterocycles. The van der Waals surface area contributed by atoms with Gasteiger partial charge in [-0.1, -0.05) is 46.3 Å². The van der Waals surface area contributed by atoms with E-state index in [4.69, 9.17) is 0 Å². The summed E-state index contributed by atoms with van der Waals surface area (Å²) in [6.07, 6.45) is 5.94. The lowest BCUT2D eigenvalue weighted by molar-refractivity contribution is 0.627. The summed E-state index contributed by atoms with van der Waals surface area (Å²) in [5, 5.41) is 0. The van der Waals surface area contributed by atoms with E-state index in [1.54, 1.807) is 0 Å². The molecule has 1 atom stereocenters. The fourth-order valence-electron chi connectivity index (χ4n) is 2.89. The highest BCUT2D eigenvalue weighted by Crippen LogP contribution is 2.31. The number of benzene rings is 2. The van der Waals surface area contributed by atoms with Crippen LogP contribution in [0.4, 0.5) is 4.39 Å². The standard InChI is InChI=1S/C18H18BrF/c19-18(11-13-5-9-17(20)10-6-13)16-8-7-14-3-1-2-4-15(14)12-16/h5-10,12,18H,1-4,11H2. The van der Waals surface area contributed by atoms with Crippen LogP contribution in [0.2, 0.25) is 0 Å². The minimum atomic E-state index is -0.173. The summed E-state index contributed by atoms with van der Waals surface area (Å²) in [5.74, 6) is -0.173. The van der Waals surface area contributed by atoms with Gasteiger partial charge in [0.05, 0.1) is 0 Å². The minimum absolute atomic E-state index is 0.173. The molecule has 0 saturated heterocycles. The molecule has 2 aromatic carbocycles. The van der Waals surface area contributed by atoms with E-state index in [1.165, 1.54) is 54.5 Å². The van der Waals surface area contributed by atoms with Gasteiger partial charge in [0.2, 0.25) is 0 Å². The number of halogens is 2. The lowest BCUT2D eigenvalue weighted by Gasteiger charge is -2.18. The number of aryl methyl sites for hydroxylation is 2. The normalized spacial score (nSPS) is 15.7. The van der Waals surface area contributed by atoms with Crippen molar-refractivity contribution < 1.29 is 4.39 Å². The van der Waals surface area contributed by atoms with Crippen molar-refractivity contribution in [3.05, 3.63) is 70.5 Å². The molecule has 2 heteroatoms. The van der Waals surface area contributed by atoms with Crippen LogP contribution in [-0.4, -0.2) is 0 Å². The molecule has 1 aliphatic carbocycles. The fraction of sp³-hybridized carbons (Fsp3) is 0.333. The molecule has 0 bridgehead atoms. The molecule has 0 aliphatic heterocycles. The summed E-state index contributed by atoms with van der Waals surface area (Å²) >= 11 is 3.78. The Morgan fingerprint density at radius 2 is 1.65 bits per heavy atom. The van der Waals surface area contributed by atoms with Crippen LogP contribution in [0.3, 0.4) is 0 Å². The first-order valence-corrected chi connectivity index (χ1v) is 8.14. The van der Waals surface area contributed by atoms with Gasteiger partial charge >= 0.3 is 0 Å². The molecule has 0 fully saturated rings. The lowest BCUT2D eigenvalue weighted by Crippen LogP contribution is -2.04. The summed E-state index contributed by atoms with van der Waals surface area (Å²) in [6, 6.07) is 13.6. The van der Waals surface area contributed by atoms with Crippen molar-refractivity contribution in [2.45, 2.75) is 36.9 Å². The first-order valence-electron chi connectivity index (χ1n) is 7.22. The van der Waals surface area contributed by atoms with Gasteiger partial charge in [0.15, 0.2) is 0 Å². The Morgan fingerprint density at radius 3 is 2.40 bits per heavy atom. The number of alkyl halides is 1. The van der Waals surface area contributed by atoms with Crippen LogP contribution >= 0.6 is 15.9 Å². The molecule has 104 valence electrons. The Labute approximate surface area is 128 Å². The van der Waals surface area contributed by atoms with Crippen molar-refractivity contribution in [1.82, 2.24) is 0 Å². The maximum Gasteiger partial charge on any atom is 0.123 e. The summed E-state index contributed by atoms with van der Waals surface area (Å²) in [4.78, 5) is 0.292. The zero-order chi connectivity index (χ0) is 13.9. The van der Waals surface area contributed by atoms with E-state index in [0.29, 0.717) is 4.83 Å². The van der Waals surface area contributed by atoms with E-state index in [9.17, 15) is 4.39 Å². The highest BCUT2D eigenvalue weighted by atomic mass is 79.9. The van der Waals surface area contributed by atoms with Crippen molar-refractivity contribution >= 4 is 15.9 Å². The molecule has 0 nitrogen and oxygen atoms in total. The first-order chi connectivity index (χ1) is 9.72. The van der Waals surface area contributed by atoms with Gasteiger partial charge in [-0.15, -0.1) is 0 Å². The third kappa shape index (κ3) is 3.12. The van der Waals surface area contributed by atoms with Crippen LogP contribution in [0.5, 0.6) is 0 Å². The number of hydrogen-bond acceptors (Lipinski definition) is 0. The molecular weight excluding hydrogens is 315 g/mol. The molecule has 1 unspecified atom stereocenters. The number of rotatable bonds is 3. The second-order valence-electron chi connectivity index (χ2n) is 5.53. The Balaban J connectivity index is 1.76. The molecule has 0 saturated carbocycles. The fourth-order valence-corrected chi connectivity index (χ4v) is 3.55. The maximum atomic E-state index is 12.9. The number of fused-ring (bicyclic) bond motifs is 1. The third-order valence-corrected chi connectivity index (χ3v) is 4.91. The van der Waals surface area contributed by atoms with Crippen LogP contribution in [0.25, 0.3) is 0 Å². The van der Waals surface area contributed by atoms with Crippen molar-refractivity contribution in [3.63, 3.8) is 0 Å². The second kappa shape index (κ2) is 6.09. The summed E-state index contributed by atoms with van der Waals surface area (Å²) < 4.78 is 12.9. The van der Waals surface area contributed by atoms with Crippen LogP contribution in [0, 0.1) is 5.82 Å². The Morgan fingerprint density at radius 1 is 0.950 bits per heavy atom. The highest BCUT2D eigenvalue weighted by molar-refractivity contribution is 9.09. The summed E-state index contributed by atoms with van der Waals surface area (Å²) in [6.45, 7) is 0. The van der Waals surface area contributed by atoms with Gasteiger partial charge in [0, 0.05) is 4.83 Å². The molecule has 0 amide bonds. The van der Waals surface area contributed by atoms with Crippen molar-refractivity contribution in [2.24, 2.45) is 0 Å². The zero-order valence-corrected chi connectivity index (χ0v) is 13.0. The molecule has 0 radical (unpaired) electrons. The SMILES string of the molecule is Fc1ccc(CC(Br)c2ccc3c(c2)CCCC3)cc1. The van der Waals surface area contributed by atoms with Crippen molar-refractivity contribution in [1.29, 1.82) is 0 Å². The molecule has 0 spiro atoms. The second-order valence-corrected chi connectivity index (χ2v) is 6.64. The molecule has 3 rings (SSSR count). The van der Waals surface area contributed by atoms with Gasteiger partial charge in [-0.25, -0.2) is 4.39 Å². The molecule has 2 aromatic rings. The van der Waals surface area contributed by atoms with E-state index in [-0.39, 0.29) is 5.82 Å². The minimum Gasteiger partial charge on any atom is -0.207 e. The van der Waals surface area contributed by atoms with Crippen LogP contribution < -0.4 is 0 Å². The van der Waals surface area contributed by atoms with Gasteiger partial charge in [0.1, 0.15) is 5.82 Å². The van der Waals surface area contributed by atoms with E-state index >= 15 is 0 Å². The molecule has 20 heavy (non-hydrogen) atoms. The van der Waals surface area contributed by atoms with E-state index < -0.39 is 0 Å². The van der Waals surface area contributed by atoms with Crippen molar-refractivity contribution in [2.75, 3.05) is 0 Å². The van der Waals surface area contributed by atoms with E-state index in [2.05, 4.69) is 34.1 Å². The number of hydrogen-bond donors (Lipinski definition) is 0. The van der Waals surface area contributed by atoms with Crippen molar-refractivity contribution in [3.8, 4) is 0 Å². The van der Waals surface area contributed by atoms with E-state index in [1.807, 2.05) is 12.1 Å². The van der Waals surface area contributed by atoms with Gasteiger partial charge in [-0.05, 0) is 66.5 Å². The first kappa shape index (κ1) is 13.8. The molecular formula is C18H18BrF. The largest absolute Gasteiger partial charge is 0.207 e. The van der Waals surface area contributed by atoms with Gasteiger partial charge in [0.25, 0.3) is 0 Å². The summed E-state index contributed by atoms with van der Waals surface area (Å²) in [7, 11) is 0. The van der Waals surface area contributed by atoms with Crippen LogP contribution in [0.1, 0.15) is 39.9 Å². The summed E-state index contributed by atoms with van der Waals surface area (Å²) in [5.41, 5.74) is 5.51. The quantitative estimate of drug-likeness (QED) is 0.661. The van der Waals surface area contributed by atoms with Gasteiger partial charge in [-0.2, -0.15) is 0 Å². The zero-order valence-electron chi connectivity index (χ0n) is 11.4. The monoisotopic (exact) mass is 332 g/mol. The Kier molecular flexibility index (Phi) is 4.21. The third-order valence-electron chi connectivity index (χ3n) is 4.06. The molecule has 0 aromatic heterocycles. The Bertz CT molecular complexity index is 589. The predicted molar refractivity (Wildman–Crippen MR) is 84.9 cm³/mol. The van der Waals surface area contributed by atoms with E-state index in [0.717, 1.165) is 12.0 Å². The molecule has 1 aliphatic rings. The highest BCUT2D eigenvalue weighted by Gasteiger charge is 2.13. The predicted octanol–water partition coefficient (Wildman–Crippen LogP) is 5.38. The van der Waals surface area contributed by atoms with Gasteiger partial charge < -0.3 is 0 Å². The maximum absolute atomic E-state index is 12.9. The Hall–Kier alpha value is -1.15. The van der Waals surface area contributed by atoms with Crippen LogP contribution in [-0.2, 0) is 19.3 Å². The average Bonchev–Trinajstić information content (AvgIpc) is 2.49. The topological polar surface area (TPSA) is 0 Å². The van der Waals surface area contributed by atoms with Gasteiger partial charge in [-0.3, -0.25) is 0 Å². The molecule has 0 N–H and O–H groups in total. The average molecular weight is 333 g/mol.